The quantitative estimate of drug-likeness (QED) is 0.725. The Morgan fingerprint density at radius 3 is 2.58 bits per heavy atom. The number of aromatic nitrogens is 1. The fourth-order valence-electron chi connectivity index (χ4n) is 5.64. The summed E-state index contributed by atoms with van der Waals surface area (Å²) >= 11 is 0. The minimum absolute atomic E-state index is 0.0760. The molecule has 174 valence electrons. The fraction of sp³-hybridized carbons (Fsp3) is 0.500. The second-order valence-corrected chi connectivity index (χ2v) is 9.91. The first-order valence-electron chi connectivity index (χ1n) is 12.0. The van der Waals surface area contributed by atoms with E-state index in [1.807, 2.05) is 43.1 Å². The molecular formula is C26H33N5O2. The number of amidine groups is 1. The summed E-state index contributed by atoms with van der Waals surface area (Å²) in [6.45, 7) is 5.76. The molecule has 0 unspecified atom stereocenters. The molecule has 2 aromatic rings. The summed E-state index contributed by atoms with van der Waals surface area (Å²) in [5.41, 5.74) is 8.86. The average molecular weight is 448 g/mol. The van der Waals surface area contributed by atoms with Gasteiger partial charge in [-0.3, -0.25) is 9.89 Å². The van der Waals surface area contributed by atoms with E-state index in [1.54, 1.807) is 0 Å². The van der Waals surface area contributed by atoms with E-state index >= 15 is 0 Å². The molecule has 1 aliphatic carbocycles. The number of benzene rings is 1. The molecule has 1 amide bonds. The van der Waals surface area contributed by atoms with E-state index in [-0.39, 0.29) is 18.2 Å². The summed E-state index contributed by atoms with van der Waals surface area (Å²) in [6, 6.07) is 12.5. The molecule has 7 heteroatoms. The molecular weight excluding hydrogens is 414 g/mol. The summed E-state index contributed by atoms with van der Waals surface area (Å²) in [5.74, 6) is 1.78. The maximum Gasteiger partial charge on any atom is 0.411 e. The molecule has 33 heavy (non-hydrogen) atoms. The first-order valence-corrected chi connectivity index (χ1v) is 12.0. The molecule has 3 N–H and O–H groups in total. The number of hydrogen-bond acceptors (Lipinski definition) is 6. The van der Waals surface area contributed by atoms with Crippen molar-refractivity contribution in [2.75, 3.05) is 18.8 Å². The molecule has 0 radical (unpaired) electrons. The van der Waals surface area contributed by atoms with Crippen LogP contribution in [0.3, 0.4) is 0 Å². The number of rotatable bonds is 4. The number of pyridine rings is 1. The van der Waals surface area contributed by atoms with Crippen LogP contribution >= 0.6 is 0 Å². The molecule has 0 spiro atoms. The standard InChI is InChI=1S/C26H33N5O2/c1-26(2)22(18-7-4-3-5-8-18)31(25(32)33-26)20-11-9-17(10-12-20)19-15-21(23(27)30-16-19)24-28-13-6-14-29-24/h3-5,7-8,15-17,20,22H,6,9-14H2,1-2H3,(H2,27,30)(H,28,29)/t17-,20-,22-/m0/s1. The Hall–Kier alpha value is -3.09. The van der Waals surface area contributed by atoms with Gasteiger partial charge in [-0.1, -0.05) is 30.3 Å². The van der Waals surface area contributed by atoms with Gasteiger partial charge in [0.25, 0.3) is 0 Å². The lowest BCUT2D eigenvalue weighted by Crippen LogP contribution is -2.42. The Labute approximate surface area is 195 Å². The lowest BCUT2D eigenvalue weighted by molar-refractivity contribution is 0.0664. The van der Waals surface area contributed by atoms with Crippen molar-refractivity contribution >= 4 is 17.7 Å². The molecule has 1 aromatic heterocycles. The number of ether oxygens (including phenoxy) is 1. The number of anilines is 1. The van der Waals surface area contributed by atoms with Gasteiger partial charge in [0.1, 0.15) is 17.3 Å². The number of hydrogen-bond donors (Lipinski definition) is 2. The lowest BCUT2D eigenvalue weighted by atomic mass is 9.80. The smallest absolute Gasteiger partial charge is 0.411 e. The van der Waals surface area contributed by atoms with Gasteiger partial charge in [-0.25, -0.2) is 9.78 Å². The number of carbonyl (C=O) groups is 1. The predicted molar refractivity (Wildman–Crippen MR) is 129 cm³/mol. The van der Waals surface area contributed by atoms with E-state index in [9.17, 15) is 4.79 Å². The van der Waals surface area contributed by atoms with E-state index in [0.29, 0.717) is 11.7 Å². The van der Waals surface area contributed by atoms with Crippen molar-refractivity contribution in [2.45, 2.75) is 69.6 Å². The van der Waals surface area contributed by atoms with Crippen LogP contribution in [0.4, 0.5) is 10.6 Å². The van der Waals surface area contributed by atoms with Gasteiger partial charge in [0.15, 0.2) is 0 Å². The second kappa shape index (κ2) is 8.69. The van der Waals surface area contributed by atoms with Crippen LogP contribution < -0.4 is 11.1 Å². The van der Waals surface area contributed by atoms with Gasteiger partial charge in [0.2, 0.25) is 0 Å². The lowest BCUT2D eigenvalue weighted by Gasteiger charge is -2.38. The highest BCUT2D eigenvalue weighted by molar-refractivity contribution is 6.02. The largest absolute Gasteiger partial charge is 0.441 e. The van der Waals surface area contributed by atoms with E-state index in [4.69, 9.17) is 10.5 Å². The topological polar surface area (TPSA) is 92.8 Å². The van der Waals surface area contributed by atoms with Crippen molar-refractivity contribution in [3.63, 3.8) is 0 Å². The Morgan fingerprint density at radius 2 is 1.88 bits per heavy atom. The zero-order chi connectivity index (χ0) is 23.0. The average Bonchev–Trinajstić information content (AvgIpc) is 3.08. The predicted octanol–water partition coefficient (Wildman–Crippen LogP) is 4.40. The molecule has 1 saturated heterocycles. The van der Waals surface area contributed by atoms with Crippen LogP contribution in [0.5, 0.6) is 0 Å². The zero-order valence-corrected chi connectivity index (χ0v) is 19.5. The van der Waals surface area contributed by atoms with Gasteiger partial charge in [-0.15, -0.1) is 0 Å². The molecule has 0 bridgehead atoms. The van der Waals surface area contributed by atoms with Gasteiger partial charge in [0, 0.05) is 25.3 Å². The Balaban J connectivity index is 1.33. The van der Waals surface area contributed by atoms with E-state index < -0.39 is 5.60 Å². The van der Waals surface area contributed by atoms with Crippen molar-refractivity contribution in [1.29, 1.82) is 0 Å². The summed E-state index contributed by atoms with van der Waals surface area (Å²) in [5, 5.41) is 3.36. The van der Waals surface area contributed by atoms with Crippen molar-refractivity contribution in [1.82, 2.24) is 15.2 Å². The molecule has 7 nitrogen and oxygen atoms in total. The minimum atomic E-state index is -0.557. The highest BCUT2D eigenvalue weighted by Gasteiger charge is 2.51. The van der Waals surface area contributed by atoms with Crippen LogP contribution in [0.2, 0.25) is 0 Å². The van der Waals surface area contributed by atoms with Crippen molar-refractivity contribution in [2.24, 2.45) is 4.99 Å². The Bertz CT molecular complexity index is 1040. The van der Waals surface area contributed by atoms with Crippen LogP contribution in [0.25, 0.3) is 0 Å². The summed E-state index contributed by atoms with van der Waals surface area (Å²) < 4.78 is 5.83. The number of amides is 1. The Morgan fingerprint density at radius 1 is 1.12 bits per heavy atom. The third kappa shape index (κ3) is 4.16. The van der Waals surface area contributed by atoms with Gasteiger partial charge in [-0.05, 0) is 69.1 Å². The number of nitrogen functional groups attached to an aromatic ring is 1. The Kier molecular flexibility index (Phi) is 5.72. The second-order valence-electron chi connectivity index (χ2n) is 9.91. The van der Waals surface area contributed by atoms with Gasteiger partial charge in [-0.2, -0.15) is 0 Å². The SMILES string of the molecule is CC1(C)OC(=O)N([C@H]2CC[C@H](c3cnc(N)c(C4=NCCCN4)c3)CC2)[C@H]1c1ccccc1. The normalized spacial score (nSPS) is 27.0. The molecule has 1 saturated carbocycles. The van der Waals surface area contributed by atoms with E-state index in [1.165, 1.54) is 5.56 Å². The number of nitrogens with one attached hydrogen (secondary N) is 1. The van der Waals surface area contributed by atoms with Crippen molar-refractivity contribution in [3.8, 4) is 0 Å². The molecule has 5 rings (SSSR count). The maximum absolute atomic E-state index is 12.9. The number of carbonyl (C=O) groups excluding carboxylic acids is 1. The van der Waals surface area contributed by atoms with Gasteiger partial charge < -0.3 is 15.8 Å². The molecule has 2 aliphatic heterocycles. The first-order chi connectivity index (χ1) is 15.9. The molecule has 3 heterocycles. The summed E-state index contributed by atoms with van der Waals surface area (Å²) in [6.07, 6.45) is 6.64. The monoisotopic (exact) mass is 447 g/mol. The highest BCUT2D eigenvalue weighted by Crippen LogP contribution is 2.46. The fourth-order valence-corrected chi connectivity index (χ4v) is 5.64. The van der Waals surface area contributed by atoms with Crippen molar-refractivity contribution < 1.29 is 9.53 Å². The highest BCUT2D eigenvalue weighted by atomic mass is 16.6. The molecule has 2 fully saturated rings. The van der Waals surface area contributed by atoms with Crippen LogP contribution in [0, 0.1) is 0 Å². The maximum atomic E-state index is 12.9. The zero-order valence-electron chi connectivity index (χ0n) is 19.5. The number of nitrogens with zero attached hydrogens (tertiary/aromatic N) is 3. The van der Waals surface area contributed by atoms with Crippen LogP contribution in [-0.4, -0.2) is 46.5 Å². The van der Waals surface area contributed by atoms with Gasteiger partial charge in [0.05, 0.1) is 11.6 Å². The van der Waals surface area contributed by atoms with Crippen molar-refractivity contribution in [3.05, 3.63) is 59.3 Å². The van der Waals surface area contributed by atoms with Crippen LogP contribution in [0.15, 0.2) is 47.6 Å². The number of nitrogens with two attached hydrogens (primary N) is 1. The number of cyclic esters (lactones) is 1. The molecule has 1 atom stereocenters. The summed E-state index contributed by atoms with van der Waals surface area (Å²) in [7, 11) is 0. The molecule has 3 aliphatic rings. The summed E-state index contributed by atoms with van der Waals surface area (Å²) in [4.78, 5) is 24.0. The van der Waals surface area contributed by atoms with E-state index in [0.717, 1.165) is 62.2 Å². The van der Waals surface area contributed by atoms with E-state index in [2.05, 4.69) is 33.5 Å². The number of aliphatic imine (C=N–C) groups is 1. The van der Waals surface area contributed by atoms with Gasteiger partial charge >= 0.3 is 6.09 Å². The third-order valence-electron chi connectivity index (χ3n) is 7.27. The minimum Gasteiger partial charge on any atom is -0.441 e. The first kappa shape index (κ1) is 21.7. The van der Waals surface area contributed by atoms with Crippen LogP contribution in [0.1, 0.15) is 74.6 Å². The molecule has 1 aromatic carbocycles. The third-order valence-corrected chi connectivity index (χ3v) is 7.27. The van der Waals surface area contributed by atoms with Crippen LogP contribution in [-0.2, 0) is 4.74 Å².